The van der Waals surface area contributed by atoms with Crippen LogP contribution in [-0.4, -0.2) is 28.5 Å². The largest absolute Gasteiger partial charge is 0.331 e. The summed E-state index contributed by atoms with van der Waals surface area (Å²) in [5.41, 5.74) is 3.55. The van der Waals surface area contributed by atoms with Crippen molar-refractivity contribution in [3.8, 4) is 0 Å². The Labute approximate surface area is 145 Å². The maximum Gasteiger partial charge on any atom is 0.254 e. The molecule has 2 amide bonds. The zero-order chi connectivity index (χ0) is 16.7. The van der Waals surface area contributed by atoms with Gasteiger partial charge in [-0.3, -0.25) is 9.59 Å². The molecule has 2 aliphatic rings. The lowest BCUT2D eigenvalue weighted by molar-refractivity contribution is -0.115. The summed E-state index contributed by atoms with van der Waals surface area (Å²) in [4.78, 5) is 27.7. The lowest BCUT2D eigenvalue weighted by Crippen LogP contribution is -2.38. The fraction of sp³-hybridized carbons (Fsp3) is 0.263. The van der Waals surface area contributed by atoms with Crippen LogP contribution in [0.15, 0.2) is 47.4 Å². The molecule has 24 heavy (non-hydrogen) atoms. The van der Waals surface area contributed by atoms with E-state index in [0.717, 1.165) is 17.0 Å². The summed E-state index contributed by atoms with van der Waals surface area (Å²) in [5.74, 6) is 0.886. The van der Waals surface area contributed by atoms with Gasteiger partial charge in [-0.05, 0) is 36.2 Å². The van der Waals surface area contributed by atoms with Gasteiger partial charge in [0.25, 0.3) is 5.91 Å². The molecule has 2 aliphatic heterocycles. The predicted molar refractivity (Wildman–Crippen MR) is 95.3 cm³/mol. The number of hydrogen-bond acceptors (Lipinski definition) is 3. The van der Waals surface area contributed by atoms with Gasteiger partial charge in [0.2, 0.25) is 5.91 Å². The van der Waals surface area contributed by atoms with Crippen molar-refractivity contribution >= 4 is 29.3 Å². The molecule has 4 nitrogen and oxygen atoms in total. The maximum absolute atomic E-state index is 13.1. The Morgan fingerprint density at radius 1 is 1.21 bits per heavy atom. The van der Waals surface area contributed by atoms with Crippen LogP contribution in [0.2, 0.25) is 0 Å². The summed E-state index contributed by atoms with van der Waals surface area (Å²) in [6.07, 6.45) is 0.397. The number of carbonyl (C=O) groups excluding carboxylic acids is 2. The van der Waals surface area contributed by atoms with Crippen molar-refractivity contribution in [3.63, 3.8) is 0 Å². The van der Waals surface area contributed by atoms with Gasteiger partial charge in [-0.15, -0.1) is 11.8 Å². The summed E-state index contributed by atoms with van der Waals surface area (Å²) in [5, 5.41) is 2.82. The average molecular weight is 338 g/mol. The van der Waals surface area contributed by atoms with E-state index < -0.39 is 0 Å². The Morgan fingerprint density at radius 2 is 2.04 bits per heavy atom. The smallest absolute Gasteiger partial charge is 0.254 e. The van der Waals surface area contributed by atoms with E-state index in [1.807, 2.05) is 29.2 Å². The van der Waals surface area contributed by atoms with E-state index in [1.165, 1.54) is 10.5 Å². The summed E-state index contributed by atoms with van der Waals surface area (Å²) in [6, 6.07) is 13.9. The van der Waals surface area contributed by atoms with E-state index in [9.17, 15) is 9.59 Å². The number of rotatable bonds is 1. The van der Waals surface area contributed by atoms with Gasteiger partial charge in [0, 0.05) is 34.5 Å². The van der Waals surface area contributed by atoms with Gasteiger partial charge in [-0.25, -0.2) is 0 Å². The highest BCUT2D eigenvalue weighted by Gasteiger charge is 2.27. The SMILES string of the molecule is C[C@H]1CSc2ccccc2CN1C(=O)c1ccc2c(c1)NC(=O)C2. The number of amides is 2. The highest BCUT2D eigenvalue weighted by molar-refractivity contribution is 7.99. The Hall–Kier alpha value is -2.27. The van der Waals surface area contributed by atoms with Crippen molar-refractivity contribution in [3.05, 3.63) is 59.2 Å². The first-order chi connectivity index (χ1) is 11.6. The monoisotopic (exact) mass is 338 g/mol. The third-order valence-corrected chi connectivity index (χ3v) is 5.93. The first kappa shape index (κ1) is 15.3. The number of carbonyl (C=O) groups is 2. The maximum atomic E-state index is 13.1. The second-order valence-electron chi connectivity index (χ2n) is 6.30. The third kappa shape index (κ3) is 2.69. The Kier molecular flexibility index (Phi) is 3.81. The van der Waals surface area contributed by atoms with Crippen LogP contribution in [-0.2, 0) is 17.8 Å². The summed E-state index contributed by atoms with van der Waals surface area (Å²) < 4.78 is 0. The quantitative estimate of drug-likeness (QED) is 0.868. The van der Waals surface area contributed by atoms with E-state index in [4.69, 9.17) is 0 Å². The fourth-order valence-corrected chi connectivity index (χ4v) is 4.29. The number of nitrogens with zero attached hydrogens (tertiary/aromatic N) is 1. The molecule has 1 N–H and O–H groups in total. The molecular formula is C19H18N2O2S. The van der Waals surface area contributed by atoms with E-state index in [1.54, 1.807) is 17.8 Å². The summed E-state index contributed by atoms with van der Waals surface area (Å²) >= 11 is 1.80. The Balaban J connectivity index is 1.64. The van der Waals surface area contributed by atoms with Crippen LogP contribution >= 0.6 is 11.8 Å². The van der Waals surface area contributed by atoms with Crippen LogP contribution in [0.5, 0.6) is 0 Å². The average Bonchev–Trinajstić information content (AvgIpc) is 2.87. The number of nitrogens with one attached hydrogen (secondary N) is 1. The first-order valence-corrected chi connectivity index (χ1v) is 9.05. The standard InChI is InChI=1S/C19H18N2O2S/c1-12-11-24-17-5-3-2-4-15(17)10-21(12)19(23)14-7-6-13-9-18(22)20-16(13)8-14/h2-8,12H,9-11H2,1H3,(H,20,22)/t12-/m0/s1. The zero-order valence-electron chi connectivity index (χ0n) is 13.4. The van der Waals surface area contributed by atoms with Crippen LogP contribution in [0.1, 0.15) is 28.4 Å². The zero-order valence-corrected chi connectivity index (χ0v) is 14.2. The highest BCUT2D eigenvalue weighted by Crippen LogP contribution is 2.31. The minimum absolute atomic E-state index is 0.0110. The van der Waals surface area contributed by atoms with Gasteiger partial charge in [-0.2, -0.15) is 0 Å². The van der Waals surface area contributed by atoms with Gasteiger partial charge in [0.05, 0.1) is 6.42 Å². The molecule has 4 rings (SSSR count). The third-order valence-electron chi connectivity index (χ3n) is 4.57. The van der Waals surface area contributed by atoms with E-state index in [2.05, 4.69) is 24.4 Å². The molecule has 5 heteroatoms. The fourth-order valence-electron chi connectivity index (χ4n) is 3.20. The predicted octanol–water partition coefficient (Wildman–Crippen LogP) is 3.32. The molecule has 0 aliphatic carbocycles. The van der Waals surface area contributed by atoms with E-state index in [-0.39, 0.29) is 17.9 Å². The number of thioether (sulfide) groups is 1. The number of anilines is 1. The highest BCUT2D eigenvalue weighted by atomic mass is 32.2. The van der Waals surface area contributed by atoms with Crippen LogP contribution in [0.25, 0.3) is 0 Å². The van der Waals surface area contributed by atoms with Crippen LogP contribution in [0, 0.1) is 0 Å². The summed E-state index contributed by atoms with van der Waals surface area (Å²) in [7, 11) is 0. The number of benzene rings is 2. The molecule has 0 aromatic heterocycles. The van der Waals surface area contributed by atoms with Crippen LogP contribution < -0.4 is 5.32 Å². The molecule has 2 aromatic rings. The molecule has 1 atom stereocenters. The van der Waals surface area contributed by atoms with Crippen LogP contribution in [0.4, 0.5) is 5.69 Å². The van der Waals surface area contributed by atoms with Crippen molar-refractivity contribution in [1.29, 1.82) is 0 Å². The molecule has 0 saturated carbocycles. The van der Waals surface area contributed by atoms with Gasteiger partial charge in [0.15, 0.2) is 0 Å². The summed E-state index contributed by atoms with van der Waals surface area (Å²) in [6.45, 7) is 2.71. The molecule has 122 valence electrons. The number of hydrogen-bond donors (Lipinski definition) is 1. The molecule has 0 saturated heterocycles. The van der Waals surface area contributed by atoms with E-state index in [0.29, 0.717) is 18.5 Å². The van der Waals surface area contributed by atoms with Crippen LogP contribution in [0.3, 0.4) is 0 Å². The Morgan fingerprint density at radius 3 is 2.92 bits per heavy atom. The minimum Gasteiger partial charge on any atom is -0.331 e. The minimum atomic E-state index is -0.0110. The van der Waals surface area contributed by atoms with Gasteiger partial charge < -0.3 is 10.2 Å². The van der Waals surface area contributed by atoms with Crippen molar-refractivity contribution in [2.24, 2.45) is 0 Å². The number of fused-ring (bicyclic) bond motifs is 2. The van der Waals surface area contributed by atoms with Crippen molar-refractivity contribution in [2.75, 3.05) is 11.1 Å². The first-order valence-electron chi connectivity index (χ1n) is 8.06. The lowest BCUT2D eigenvalue weighted by Gasteiger charge is -2.27. The van der Waals surface area contributed by atoms with Crippen molar-refractivity contribution in [2.45, 2.75) is 30.8 Å². The Bertz CT molecular complexity index is 834. The molecular weight excluding hydrogens is 320 g/mol. The topological polar surface area (TPSA) is 49.4 Å². The molecule has 0 unspecified atom stereocenters. The van der Waals surface area contributed by atoms with Gasteiger partial charge >= 0.3 is 0 Å². The molecule has 0 bridgehead atoms. The lowest BCUT2D eigenvalue weighted by atomic mass is 10.1. The normalized spacial score (nSPS) is 19.3. The van der Waals surface area contributed by atoms with Crippen molar-refractivity contribution < 1.29 is 9.59 Å². The molecule has 0 spiro atoms. The second kappa shape index (κ2) is 5.98. The molecule has 0 radical (unpaired) electrons. The van der Waals surface area contributed by atoms with Gasteiger partial charge in [0.1, 0.15) is 0 Å². The second-order valence-corrected chi connectivity index (χ2v) is 7.36. The van der Waals surface area contributed by atoms with Crippen molar-refractivity contribution in [1.82, 2.24) is 4.90 Å². The molecule has 2 aromatic carbocycles. The van der Waals surface area contributed by atoms with Gasteiger partial charge in [-0.1, -0.05) is 24.3 Å². The molecule has 2 heterocycles. The molecule has 0 fully saturated rings. The van der Waals surface area contributed by atoms with E-state index >= 15 is 0 Å².